The fourth-order valence-corrected chi connectivity index (χ4v) is 5.26. The molecule has 0 heterocycles. The lowest BCUT2D eigenvalue weighted by atomic mass is 10.0. The molecule has 0 bridgehead atoms. The summed E-state index contributed by atoms with van der Waals surface area (Å²) in [6.07, 6.45) is 7.20. The van der Waals surface area contributed by atoms with E-state index in [-0.39, 0.29) is 0 Å². The minimum Gasteiger partial charge on any atom is -0.0536 e. The molecule has 0 aromatic carbocycles. The van der Waals surface area contributed by atoms with Crippen LogP contribution in [0.3, 0.4) is 0 Å². The summed E-state index contributed by atoms with van der Waals surface area (Å²) in [5.74, 6) is 0. The molecule has 0 spiro atoms. The van der Waals surface area contributed by atoms with Gasteiger partial charge in [0.25, 0.3) is 0 Å². The predicted molar refractivity (Wildman–Crippen MR) is 57.6 cm³/mol. The smallest absolute Gasteiger partial charge is 0.00177 e. The number of hydrogen-bond donors (Lipinski definition) is 0. The second-order valence-corrected chi connectivity index (χ2v) is 17.3. The second-order valence-electron chi connectivity index (χ2n) is 3.15. The Morgan fingerprint density at radius 3 is 1.90 bits per heavy atom. The summed E-state index contributed by atoms with van der Waals surface area (Å²) in [6, 6.07) is 0. The topological polar surface area (TPSA) is 0 Å². The minimum absolute atomic E-state index is 0.866. The fraction of sp³-hybridized carbons (Fsp3) is 1.00. The van der Waals surface area contributed by atoms with Gasteiger partial charge in [0.1, 0.15) is 0 Å². The third-order valence-electron chi connectivity index (χ3n) is 2.22. The van der Waals surface area contributed by atoms with Crippen molar-refractivity contribution < 1.29 is 0 Å². The van der Waals surface area contributed by atoms with Crippen LogP contribution in [0.2, 0.25) is 0 Å². The van der Waals surface area contributed by atoms with Crippen molar-refractivity contribution in [3.8, 4) is 0 Å². The van der Waals surface area contributed by atoms with Gasteiger partial charge in [-0.2, -0.15) is 0 Å². The summed E-state index contributed by atoms with van der Waals surface area (Å²) in [6.45, 7) is 2.32. The van der Waals surface area contributed by atoms with Gasteiger partial charge in [-0.1, -0.05) is 50.2 Å². The average Bonchev–Trinajstić information content (AvgIpc) is 1.88. The van der Waals surface area contributed by atoms with E-state index in [0.717, 1.165) is 5.66 Å². The molecule has 0 saturated heterocycles. The molecule has 0 amide bonds. The van der Waals surface area contributed by atoms with Gasteiger partial charge in [0, 0.05) is 0 Å². The number of halogens is 2. The van der Waals surface area contributed by atoms with Gasteiger partial charge in [0.15, 0.2) is 0 Å². The van der Waals surface area contributed by atoms with Crippen molar-refractivity contribution in [3.05, 3.63) is 0 Å². The zero-order valence-electron chi connectivity index (χ0n) is 6.32. The van der Waals surface area contributed by atoms with E-state index in [1.807, 2.05) is 0 Å². The van der Waals surface area contributed by atoms with Crippen LogP contribution in [0.1, 0.15) is 32.1 Å². The molecule has 10 heavy (non-hydrogen) atoms. The van der Waals surface area contributed by atoms with E-state index < -0.39 is 4.67 Å². The third-order valence-corrected chi connectivity index (χ3v) is 7.49. The zero-order chi connectivity index (χ0) is 7.61. The molecule has 0 aromatic rings. The number of hydrogen-bond acceptors (Lipinski definition) is 0. The molecule has 0 nitrogen and oxygen atoms in total. The van der Waals surface area contributed by atoms with Crippen LogP contribution in [0.25, 0.3) is 0 Å². The summed E-state index contributed by atoms with van der Waals surface area (Å²) in [4.78, 5) is 0. The molecule has 0 atom stereocenters. The van der Waals surface area contributed by atoms with Gasteiger partial charge in [-0.15, -0.1) is 0 Å². The first-order chi connectivity index (χ1) is 4.61. The lowest BCUT2D eigenvalue weighted by Crippen LogP contribution is -2.10. The van der Waals surface area contributed by atoms with E-state index in [0.29, 0.717) is 0 Å². The third kappa shape index (κ3) is 2.79. The standard InChI is InChI=1S/C7H14Br2P/c1-10(8,9)7-5-3-2-4-6-7/h7H,2-6H2,1H3. The zero-order valence-corrected chi connectivity index (χ0v) is 10.4. The molecule has 0 N–H and O–H groups in total. The van der Waals surface area contributed by atoms with Crippen molar-refractivity contribution in [3.63, 3.8) is 0 Å². The maximum atomic E-state index is 3.77. The van der Waals surface area contributed by atoms with Gasteiger partial charge in [0.2, 0.25) is 0 Å². The molecule has 1 radical (unpaired) electrons. The molecule has 3 heteroatoms. The fourth-order valence-electron chi connectivity index (χ4n) is 1.53. The molecule has 61 valence electrons. The Balaban J connectivity index is 2.39. The first-order valence-corrected chi connectivity index (χ1v) is 10.2. The molecule has 0 aliphatic heterocycles. The predicted octanol–water partition coefficient (Wildman–Crippen LogP) is 4.59. The highest BCUT2D eigenvalue weighted by atomic mass is 79.9. The Morgan fingerprint density at radius 2 is 1.60 bits per heavy atom. The molecule has 0 unspecified atom stereocenters. The van der Waals surface area contributed by atoms with Crippen LogP contribution in [-0.4, -0.2) is 12.3 Å². The van der Waals surface area contributed by atoms with E-state index >= 15 is 0 Å². The molecule has 1 rings (SSSR count). The Labute approximate surface area is 80.0 Å². The molecular weight excluding hydrogens is 275 g/mol. The summed E-state index contributed by atoms with van der Waals surface area (Å²) in [5, 5.41) is 0. The largest absolute Gasteiger partial charge is 0.0536 e. The maximum absolute atomic E-state index is 3.77. The summed E-state index contributed by atoms with van der Waals surface area (Å²) in [7, 11) is 0. The lowest BCUT2D eigenvalue weighted by molar-refractivity contribution is 0.513. The van der Waals surface area contributed by atoms with Crippen LogP contribution < -0.4 is 0 Å². The van der Waals surface area contributed by atoms with Gasteiger partial charge < -0.3 is 0 Å². The Bertz CT molecular complexity index is 103. The van der Waals surface area contributed by atoms with Crippen LogP contribution in [0, 0.1) is 0 Å². The van der Waals surface area contributed by atoms with Crippen LogP contribution in [-0.2, 0) is 0 Å². The highest BCUT2D eigenvalue weighted by Crippen LogP contribution is 2.76. The van der Waals surface area contributed by atoms with E-state index in [2.05, 4.69) is 37.6 Å². The van der Waals surface area contributed by atoms with Crippen molar-refractivity contribution in [2.24, 2.45) is 0 Å². The molecule has 1 aliphatic rings. The molecule has 0 aromatic heterocycles. The normalized spacial score (nSPS) is 23.1. The second kappa shape index (κ2) is 3.87. The van der Waals surface area contributed by atoms with Gasteiger partial charge in [0.05, 0.1) is 0 Å². The molecule has 1 aliphatic carbocycles. The monoisotopic (exact) mass is 287 g/mol. The summed E-state index contributed by atoms with van der Waals surface area (Å²) in [5.41, 5.74) is 0.946. The first kappa shape index (κ1) is 9.48. The van der Waals surface area contributed by atoms with Crippen LogP contribution in [0.4, 0.5) is 0 Å². The Kier molecular flexibility index (Phi) is 3.67. The molecule has 1 fully saturated rings. The first-order valence-electron chi connectivity index (χ1n) is 3.86. The summed E-state index contributed by atoms with van der Waals surface area (Å²) >= 11 is 7.54. The van der Waals surface area contributed by atoms with E-state index in [1.54, 1.807) is 0 Å². The maximum Gasteiger partial charge on any atom is -0.00177 e. The number of rotatable bonds is 1. The van der Waals surface area contributed by atoms with Gasteiger partial charge >= 0.3 is 0 Å². The Morgan fingerprint density at radius 1 is 1.10 bits per heavy atom. The quantitative estimate of drug-likeness (QED) is 0.619. The van der Waals surface area contributed by atoms with Gasteiger partial charge in [-0.3, -0.25) is 0 Å². The average molecular weight is 289 g/mol. The Hall–Kier alpha value is 1.39. The van der Waals surface area contributed by atoms with Crippen molar-refractivity contribution in [2.75, 3.05) is 6.66 Å². The minimum atomic E-state index is -0.866. The van der Waals surface area contributed by atoms with Crippen LogP contribution in [0.5, 0.6) is 0 Å². The van der Waals surface area contributed by atoms with E-state index in [4.69, 9.17) is 0 Å². The van der Waals surface area contributed by atoms with Crippen LogP contribution in [0.15, 0.2) is 0 Å². The van der Waals surface area contributed by atoms with Crippen molar-refractivity contribution >= 4 is 35.6 Å². The van der Waals surface area contributed by atoms with Crippen molar-refractivity contribution in [1.82, 2.24) is 0 Å². The van der Waals surface area contributed by atoms with Crippen molar-refractivity contribution in [2.45, 2.75) is 37.8 Å². The summed E-state index contributed by atoms with van der Waals surface area (Å²) < 4.78 is -0.866. The SMILES string of the molecule is C[P](Br)(Br)C1CCCCC1. The van der Waals surface area contributed by atoms with E-state index in [9.17, 15) is 0 Å². The molecule has 1 saturated carbocycles. The van der Waals surface area contributed by atoms with E-state index in [1.165, 1.54) is 32.1 Å². The van der Waals surface area contributed by atoms with Crippen LogP contribution >= 0.6 is 35.6 Å². The van der Waals surface area contributed by atoms with Crippen molar-refractivity contribution in [1.29, 1.82) is 0 Å². The molecular formula is C7H14Br2P. The lowest BCUT2D eigenvalue weighted by Gasteiger charge is -2.31. The van der Waals surface area contributed by atoms with Gasteiger partial charge in [-0.05, 0) is 29.8 Å². The highest BCUT2D eigenvalue weighted by molar-refractivity contribution is 9.72. The highest BCUT2D eigenvalue weighted by Gasteiger charge is 2.27. The van der Waals surface area contributed by atoms with Gasteiger partial charge in [-0.25, -0.2) is 0 Å².